The summed E-state index contributed by atoms with van der Waals surface area (Å²) in [4.78, 5) is 11.2. The van der Waals surface area contributed by atoms with Gasteiger partial charge in [0, 0.05) is 0 Å². The first-order valence-corrected chi connectivity index (χ1v) is 7.94. The van der Waals surface area contributed by atoms with Crippen LogP contribution in [0.15, 0.2) is 24.3 Å². The number of para-hydroxylation sites is 1. The molecule has 22 heavy (non-hydrogen) atoms. The molecule has 116 valence electrons. The van der Waals surface area contributed by atoms with Crippen molar-refractivity contribution in [3.05, 3.63) is 41.5 Å². The molecule has 0 atom stereocenters. The van der Waals surface area contributed by atoms with E-state index in [1.54, 1.807) is 18.2 Å². The van der Waals surface area contributed by atoms with E-state index in [9.17, 15) is 9.18 Å². The van der Waals surface area contributed by atoms with Crippen LogP contribution in [0.2, 0.25) is 0 Å². The van der Waals surface area contributed by atoms with Crippen LogP contribution in [0, 0.1) is 11.7 Å². The highest BCUT2D eigenvalue weighted by Gasteiger charge is 2.19. The lowest BCUT2D eigenvalue weighted by atomic mass is 9.85. The van der Waals surface area contributed by atoms with E-state index >= 15 is 0 Å². The molecule has 1 aromatic heterocycles. The highest BCUT2D eigenvalue weighted by atomic mass is 19.1. The second-order valence-electron chi connectivity index (χ2n) is 5.95. The van der Waals surface area contributed by atoms with Crippen molar-refractivity contribution < 1.29 is 9.18 Å². The Balaban J connectivity index is 1.84. The molecule has 1 aromatic carbocycles. The van der Waals surface area contributed by atoms with E-state index in [4.69, 9.17) is 0 Å². The van der Waals surface area contributed by atoms with Gasteiger partial charge in [-0.3, -0.25) is 4.79 Å². The summed E-state index contributed by atoms with van der Waals surface area (Å²) in [5, 5.41) is 7.87. The van der Waals surface area contributed by atoms with E-state index in [1.807, 2.05) is 0 Å². The molecule has 0 bridgehead atoms. The third-order valence-electron chi connectivity index (χ3n) is 4.50. The van der Waals surface area contributed by atoms with Crippen LogP contribution >= 0.6 is 0 Å². The normalized spacial score (nSPS) is 15.9. The number of aromatic nitrogens is 3. The fourth-order valence-electron chi connectivity index (χ4n) is 3.27. The Kier molecular flexibility index (Phi) is 4.61. The molecule has 5 heteroatoms. The van der Waals surface area contributed by atoms with Crippen LogP contribution in [-0.4, -0.2) is 21.3 Å². The molecule has 1 saturated carbocycles. The fourth-order valence-corrected chi connectivity index (χ4v) is 3.27. The summed E-state index contributed by atoms with van der Waals surface area (Å²) in [6.45, 7) is 0. The Hall–Kier alpha value is -2.04. The van der Waals surface area contributed by atoms with Gasteiger partial charge in [-0.2, -0.15) is 0 Å². The molecule has 1 aliphatic carbocycles. The Bertz CT molecular complexity index is 647. The number of nitrogens with zero attached hydrogens (tertiary/aromatic N) is 3. The molecular formula is C17H20FN3O. The van der Waals surface area contributed by atoms with Gasteiger partial charge in [0.1, 0.15) is 17.2 Å². The summed E-state index contributed by atoms with van der Waals surface area (Å²) in [5.74, 6) is 0.334. The lowest BCUT2D eigenvalue weighted by Gasteiger charge is -2.21. The van der Waals surface area contributed by atoms with Gasteiger partial charge in [0.2, 0.25) is 0 Å². The van der Waals surface area contributed by atoms with Crippen LogP contribution in [0.4, 0.5) is 4.39 Å². The number of hydrogen-bond donors (Lipinski definition) is 0. The van der Waals surface area contributed by atoms with Crippen molar-refractivity contribution in [3.8, 4) is 5.69 Å². The number of aldehydes is 1. The first kappa shape index (κ1) is 14.9. The van der Waals surface area contributed by atoms with Crippen molar-refractivity contribution in [1.29, 1.82) is 0 Å². The van der Waals surface area contributed by atoms with E-state index in [0.717, 1.165) is 6.42 Å². The van der Waals surface area contributed by atoms with Gasteiger partial charge in [-0.1, -0.05) is 49.5 Å². The highest BCUT2D eigenvalue weighted by molar-refractivity contribution is 5.73. The predicted octanol–water partition coefficient (Wildman–Crippen LogP) is 3.73. The van der Waals surface area contributed by atoms with Crippen LogP contribution in [0.3, 0.4) is 0 Å². The van der Waals surface area contributed by atoms with Crippen molar-refractivity contribution in [1.82, 2.24) is 15.0 Å². The number of carbonyl (C=O) groups excluding carboxylic acids is 1. The topological polar surface area (TPSA) is 47.8 Å². The lowest BCUT2D eigenvalue weighted by Crippen LogP contribution is -2.11. The standard InChI is InChI=1S/C17H20FN3O/c18-14-8-4-5-9-16(14)21-17(15(12-22)19-20-21)11-10-13-6-2-1-3-7-13/h4-5,8-9,12-13H,1-3,6-7,10-11H2. The fraction of sp³-hybridized carbons (Fsp3) is 0.471. The average Bonchev–Trinajstić information content (AvgIpc) is 2.97. The molecule has 1 aliphatic rings. The average molecular weight is 301 g/mol. The van der Waals surface area contributed by atoms with Gasteiger partial charge in [-0.15, -0.1) is 5.10 Å². The molecule has 1 fully saturated rings. The van der Waals surface area contributed by atoms with Gasteiger partial charge in [0.25, 0.3) is 0 Å². The SMILES string of the molecule is O=Cc1nnn(-c2ccccc2F)c1CCC1CCCCC1. The van der Waals surface area contributed by atoms with Crippen molar-refractivity contribution >= 4 is 6.29 Å². The molecule has 3 rings (SSSR count). The molecule has 0 unspecified atom stereocenters. The number of rotatable bonds is 5. The molecule has 1 heterocycles. The minimum absolute atomic E-state index is 0.319. The second-order valence-corrected chi connectivity index (χ2v) is 5.95. The van der Waals surface area contributed by atoms with Gasteiger partial charge in [-0.25, -0.2) is 9.07 Å². The van der Waals surface area contributed by atoms with Gasteiger partial charge in [-0.05, 0) is 30.9 Å². The summed E-state index contributed by atoms with van der Waals surface area (Å²) in [7, 11) is 0. The number of hydrogen-bond acceptors (Lipinski definition) is 3. The third kappa shape index (κ3) is 3.08. The Morgan fingerprint density at radius 1 is 1.23 bits per heavy atom. The maximum Gasteiger partial charge on any atom is 0.172 e. The van der Waals surface area contributed by atoms with Crippen molar-refractivity contribution in [2.24, 2.45) is 5.92 Å². The minimum Gasteiger partial charge on any atom is -0.296 e. The smallest absolute Gasteiger partial charge is 0.172 e. The van der Waals surface area contributed by atoms with Crippen LogP contribution in [0.1, 0.15) is 54.7 Å². The van der Waals surface area contributed by atoms with Crippen molar-refractivity contribution in [2.45, 2.75) is 44.9 Å². The molecule has 4 nitrogen and oxygen atoms in total. The Labute approximate surface area is 129 Å². The third-order valence-corrected chi connectivity index (χ3v) is 4.50. The number of halogens is 1. The van der Waals surface area contributed by atoms with E-state index < -0.39 is 0 Å². The summed E-state index contributed by atoms with van der Waals surface area (Å²) < 4.78 is 15.5. The van der Waals surface area contributed by atoms with Crippen LogP contribution in [0.5, 0.6) is 0 Å². The predicted molar refractivity (Wildman–Crippen MR) is 81.6 cm³/mol. The quantitative estimate of drug-likeness (QED) is 0.791. The number of benzene rings is 1. The van der Waals surface area contributed by atoms with Gasteiger partial charge in [0.15, 0.2) is 6.29 Å². The summed E-state index contributed by atoms with van der Waals surface area (Å²) in [5.41, 5.74) is 1.38. The summed E-state index contributed by atoms with van der Waals surface area (Å²) >= 11 is 0. The molecule has 2 aromatic rings. The molecule has 0 amide bonds. The second kappa shape index (κ2) is 6.81. The maximum absolute atomic E-state index is 14.0. The molecule has 0 radical (unpaired) electrons. The van der Waals surface area contributed by atoms with Crippen LogP contribution < -0.4 is 0 Å². The highest BCUT2D eigenvalue weighted by Crippen LogP contribution is 2.28. The van der Waals surface area contributed by atoms with Crippen molar-refractivity contribution in [2.75, 3.05) is 0 Å². The van der Waals surface area contributed by atoms with E-state index in [0.29, 0.717) is 35.7 Å². The molecule has 0 saturated heterocycles. The minimum atomic E-state index is -0.358. The van der Waals surface area contributed by atoms with Crippen LogP contribution in [0.25, 0.3) is 5.69 Å². The Morgan fingerprint density at radius 3 is 2.73 bits per heavy atom. The molecule has 0 aliphatic heterocycles. The molecule has 0 N–H and O–H groups in total. The van der Waals surface area contributed by atoms with E-state index in [2.05, 4.69) is 10.3 Å². The monoisotopic (exact) mass is 301 g/mol. The first-order valence-electron chi connectivity index (χ1n) is 7.94. The summed E-state index contributed by atoms with van der Waals surface area (Å²) in [6, 6.07) is 6.44. The first-order chi connectivity index (χ1) is 10.8. The van der Waals surface area contributed by atoms with Gasteiger partial charge < -0.3 is 0 Å². The number of carbonyl (C=O) groups is 1. The van der Waals surface area contributed by atoms with Gasteiger partial charge >= 0.3 is 0 Å². The van der Waals surface area contributed by atoms with Crippen molar-refractivity contribution in [3.63, 3.8) is 0 Å². The van der Waals surface area contributed by atoms with Crippen LogP contribution in [-0.2, 0) is 6.42 Å². The zero-order valence-electron chi connectivity index (χ0n) is 12.5. The van der Waals surface area contributed by atoms with E-state index in [-0.39, 0.29) is 5.82 Å². The lowest BCUT2D eigenvalue weighted by molar-refractivity contribution is 0.111. The Morgan fingerprint density at radius 2 is 2.00 bits per heavy atom. The molecular weight excluding hydrogens is 281 g/mol. The largest absolute Gasteiger partial charge is 0.296 e. The zero-order valence-corrected chi connectivity index (χ0v) is 12.5. The maximum atomic E-state index is 14.0. The molecule has 0 spiro atoms. The zero-order chi connectivity index (χ0) is 15.4. The summed E-state index contributed by atoms with van der Waals surface area (Å²) in [6.07, 6.45) is 8.82. The van der Waals surface area contributed by atoms with E-state index in [1.165, 1.54) is 42.9 Å². The van der Waals surface area contributed by atoms with Gasteiger partial charge in [0.05, 0.1) is 5.69 Å².